The van der Waals surface area contributed by atoms with E-state index in [9.17, 15) is 8.42 Å². The summed E-state index contributed by atoms with van der Waals surface area (Å²) in [5.74, 6) is 0.0481. The van der Waals surface area contributed by atoms with E-state index in [2.05, 4.69) is 0 Å². The zero-order valence-corrected chi connectivity index (χ0v) is 12.9. The topological polar surface area (TPSA) is 37.4 Å². The van der Waals surface area contributed by atoms with Crippen molar-refractivity contribution in [2.75, 3.05) is 4.31 Å². The Kier molecular flexibility index (Phi) is 3.72. The molecule has 1 aliphatic rings. The molecule has 0 aliphatic carbocycles. The van der Waals surface area contributed by atoms with Crippen molar-refractivity contribution in [3.8, 4) is 0 Å². The van der Waals surface area contributed by atoms with Gasteiger partial charge >= 0.3 is 0 Å². The average molecular weight is 301 g/mol. The summed E-state index contributed by atoms with van der Waals surface area (Å²) in [5, 5.41) is 0. The Balaban J connectivity index is 1.98. The van der Waals surface area contributed by atoms with Crippen LogP contribution in [0.5, 0.6) is 0 Å². The van der Waals surface area contributed by atoms with Crippen molar-refractivity contribution in [1.29, 1.82) is 0 Å². The molecule has 0 bridgehead atoms. The number of fused-ring (bicyclic) bond motifs is 1. The zero-order chi connectivity index (χ0) is 14.9. The molecule has 0 unspecified atom stereocenters. The fourth-order valence-corrected chi connectivity index (χ4v) is 4.82. The summed E-state index contributed by atoms with van der Waals surface area (Å²) >= 11 is 0. The van der Waals surface area contributed by atoms with Gasteiger partial charge in [-0.2, -0.15) is 0 Å². The molecule has 0 saturated carbocycles. The molecule has 1 aliphatic heterocycles. The second-order valence-electron chi connectivity index (χ2n) is 5.55. The largest absolute Gasteiger partial charge is 0.267 e. The first-order valence-electron chi connectivity index (χ1n) is 7.22. The third-order valence-corrected chi connectivity index (χ3v) is 5.81. The molecular formula is C17H19NO2S. The van der Waals surface area contributed by atoms with Gasteiger partial charge in [0.15, 0.2) is 0 Å². The number of anilines is 1. The Morgan fingerprint density at radius 2 is 1.71 bits per heavy atom. The second kappa shape index (κ2) is 5.53. The van der Waals surface area contributed by atoms with E-state index in [4.69, 9.17) is 0 Å². The van der Waals surface area contributed by atoms with E-state index < -0.39 is 10.0 Å². The highest BCUT2D eigenvalue weighted by Gasteiger charge is 2.32. The van der Waals surface area contributed by atoms with Crippen molar-refractivity contribution in [2.45, 2.75) is 31.6 Å². The van der Waals surface area contributed by atoms with Crippen LogP contribution in [-0.2, 0) is 22.2 Å². The van der Waals surface area contributed by atoms with Crippen LogP contribution in [0.15, 0.2) is 54.6 Å². The van der Waals surface area contributed by atoms with Crippen LogP contribution in [0.4, 0.5) is 5.69 Å². The SMILES string of the molecule is C[C@H]1CCc2ccccc2N1S(=O)(=O)Cc1ccccc1. The maximum Gasteiger partial charge on any atom is 0.239 e. The van der Waals surface area contributed by atoms with Crippen LogP contribution in [0.2, 0.25) is 0 Å². The summed E-state index contributed by atoms with van der Waals surface area (Å²) in [6.07, 6.45) is 1.81. The maximum absolute atomic E-state index is 12.9. The van der Waals surface area contributed by atoms with Gasteiger partial charge in [-0.25, -0.2) is 8.42 Å². The molecule has 0 amide bonds. The van der Waals surface area contributed by atoms with Crippen molar-refractivity contribution in [2.24, 2.45) is 0 Å². The smallest absolute Gasteiger partial charge is 0.239 e. The average Bonchev–Trinajstić information content (AvgIpc) is 2.47. The van der Waals surface area contributed by atoms with E-state index in [1.165, 1.54) is 0 Å². The Labute approximate surface area is 126 Å². The van der Waals surface area contributed by atoms with Gasteiger partial charge in [0.1, 0.15) is 0 Å². The summed E-state index contributed by atoms with van der Waals surface area (Å²) in [6.45, 7) is 1.98. The normalized spacial score (nSPS) is 18.3. The van der Waals surface area contributed by atoms with Gasteiger partial charge < -0.3 is 0 Å². The summed E-state index contributed by atoms with van der Waals surface area (Å²) in [5.41, 5.74) is 2.78. The first-order chi connectivity index (χ1) is 10.1. The van der Waals surface area contributed by atoms with Gasteiger partial charge in [-0.3, -0.25) is 4.31 Å². The van der Waals surface area contributed by atoms with Gasteiger partial charge in [0.05, 0.1) is 11.4 Å². The summed E-state index contributed by atoms with van der Waals surface area (Å²) < 4.78 is 27.3. The Morgan fingerprint density at radius 1 is 1.05 bits per heavy atom. The Hall–Kier alpha value is -1.81. The van der Waals surface area contributed by atoms with Gasteiger partial charge in [0.25, 0.3) is 0 Å². The fraction of sp³-hybridized carbons (Fsp3) is 0.294. The van der Waals surface area contributed by atoms with Gasteiger partial charge in [-0.05, 0) is 37.0 Å². The molecule has 0 spiro atoms. The van der Waals surface area contributed by atoms with E-state index in [0.29, 0.717) is 0 Å². The number of rotatable bonds is 3. The molecule has 0 N–H and O–H groups in total. The molecule has 1 heterocycles. The molecule has 110 valence electrons. The lowest BCUT2D eigenvalue weighted by molar-refractivity contribution is 0.562. The van der Waals surface area contributed by atoms with Crippen LogP contribution in [0, 0.1) is 0 Å². The van der Waals surface area contributed by atoms with Crippen molar-refractivity contribution in [3.63, 3.8) is 0 Å². The molecule has 0 fully saturated rings. The third kappa shape index (κ3) is 2.81. The summed E-state index contributed by atoms with van der Waals surface area (Å²) in [4.78, 5) is 0. The lowest BCUT2D eigenvalue weighted by Crippen LogP contribution is -2.42. The summed E-state index contributed by atoms with van der Waals surface area (Å²) in [6, 6.07) is 17.2. The van der Waals surface area contributed by atoms with Gasteiger partial charge in [-0.15, -0.1) is 0 Å². The predicted octanol–water partition coefficient (Wildman–Crippen LogP) is 3.36. The number of sulfonamides is 1. The minimum Gasteiger partial charge on any atom is -0.267 e. The van der Waals surface area contributed by atoms with Gasteiger partial charge in [-0.1, -0.05) is 48.5 Å². The van der Waals surface area contributed by atoms with Crippen LogP contribution in [-0.4, -0.2) is 14.5 Å². The number of nitrogens with zero attached hydrogens (tertiary/aromatic N) is 1. The fourth-order valence-electron chi connectivity index (χ4n) is 2.93. The van der Waals surface area contributed by atoms with Crippen LogP contribution < -0.4 is 4.31 Å². The van der Waals surface area contributed by atoms with Crippen LogP contribution in [0.3, 0.4) is 0 Å². The number of hydrogen-bond acceptors (Lipinski definition) is 2. The van der Waals surface area contributed by atoms with Crippen LogP contribution in [0.1, 0.15) is 24.5 Å². The molecule has 0 aromatic heterocycles. The van der Waals surface area contributed by atoms with E-state index >= 15 is 0 Å². The molecule has 2 aromatic rings. The summed E-state index contributed by atoms with van der Waals surface area (Å²) in [7, 11) is -3.37. The molecule has 3 rings (SSSR count). The molecule has 2 aromatic carbocycles. The van der Waals surface area contributed by atoms with Crippen molar-refractivity contribution < 1.29 is 8.42 Å². The Morgan fingerprint density at radius 3 is 2.48 bits per heavy atom. The monoisotopic (exact) mass is 301 g/mol. The van der Waals surface area contributed by atoms with E-state index in [1.807, 2.05) is 61.5 Å². The first-order valence-corrected chi connectivity index (χ1v) is 8.83. The molecular weight excluding hydrogens is 282 g/mol. The highest BCUT2D eigenvalue weighted by molar-refractivity contribution is 7.92. The standard InChI is InChI=1S/C17H19NO2S/c1-14-11-12-16-9-5-6-10-17(16)18(14)21(19,20)13-15-7-3-2-4-8-15/h2-10,14H,11-13H2,1H3/t14-/m0/s1. The van der Waals surface area contributed by atoms with Crippen LogP contribution >= 0.6 is 0 Å². The van der Waals surface area contributed by atoms with Crippen molar-refractivity contribution >= 4 is 15.7 Å². The molecule has 0 saturated heterocycles. The molecule has 0 radical (unpaired) electrons. The number of hydrogen-bond donors (Lipinski definition) is 0. The molecule has 21 heavy (non-hydrogen) atoms. The predicted molar refractivity (Wildman–Crippen MR) is 85.8 cm³/mol. The molecule has 3 nitrogen and oxygen atoms in total. The van der Waals surface area contributed by atoms with Crippen LogP contribution in [0.25, 0.3) is 0 Å². The van der Waals surface area contributed by atoms with Crippen molar-refractivity contribution in [3.05, 3.63) is 65.7 Å². The second-order valence-corrected chi connectivity index (χ2v) is 7.40. The lowest BCUT2D eigenvalue weighted by Gasteiger charge is -2.36. The van der Waals surface area contributed by atoms with E-state index in [-0.39, 0.29) is 11.8 Å². The number of aryl methyl sites for hydroxylation is 1. The lowest BCUT2D eigenvalue weighted by atomic mass is 9.99. The van der Waals surface area contributed by atoms with Crippen molar-refractivity contribution in [1.82, 2.24) is 0 Å². The minimum atomic E-state index is -3.37. The highest BCUT2D eigenvalue weighted by Crippen LogP contribution is 2.33. The van der Waals surface area contributed by atoms with E-state index in [0.717, 1.165) is 29.7 Å². The third-order valence-electron chi connectivity index (χ3n) is 3.95. The van der Waals surface area contributed by atoms with E-state index in [1.54, 1.807) is 4.31 Å². The Bertz CT molecular complexity index is 725. The molecule has 4 heteroatoms. The van der Waals surface area contributed by atoms with Gasteiger partial charge in [0.2, 0.25) is 10.0 Å². The van der Waals surface area contributed by atoms with Gasteiger partial charge in [0, 0.05) is 6.04 Å². The zero-order valence-electron chi connectivity index (χ0n) is 12.1. The molecule has 1 atom stereocenters. The first kappa shape index (κ1) is 14.1. The maximum atomic E-state index is 12.9. The quantitative estimate of drug-likeness (QED) is 0.872. The number of benzene rings is 2. The minimum absolute atomic E-state index is 0.00797. The number of para-hydroxylation sites is 1. The highest BCUT2D eigenvalue weighted by atomic mass is 32.2.